The highest BCUT2D eigenvalue weighted by Gasteiger charge is 2.66. The largest absolute Gasteiger partial charge is 0.438 e. The lowest BCUT2D eigenvalue weighted by Crippen LogP contribution is -2.62. The molecule has 12 unspecified atom stereocenters. The molecule has 8 saturated carbocycles. The number of aliphatic hydroxyl groups is 2. The highest BCUT2D eigenvalue weighted by Crippen LogP contribution is 2.68. The lowest BCUT2D eigenvalue weighted by molar-refractivity contribution is -0.217. The first-order valence-electron chi connectivity index (χ1n) is 17.9. The number of fused-ring (bicyclic) bond motifs is 5. The molecule has 0 saturated heterocycles. The number of carbonyl (C=O) groups excluding carboxylic acids is 1. The minimum absolute atomic E-state index is 0.00144. The van der Waals surface area contributed by atoms with Gasteiger partial charge in [0.1, 0.15) is 6.79 Å². The fraction of sp³-hybridized carbons (Fsp3) is 0.972. The van der Waals surface area contributed by atoms with Gasteiger partial charge in [0.15, 0.2) is 6.79 Å². The predicted molar refractivity (Wildman–Crippen MR) is 161 cm³/mol. The van der Waals surface area contributed by atoms with Crippen molar-refractivity contribution in [2.24, 2.45) is 70.0 Å². The van der Waals surface area contributed by atoms with Crippen LogP contribution in [-0.4, -0.2) is 61.3 Å². The third-order valence-electron chi connectivity index (χ3n) is 15.2. The number of methoxy groups -OCH3 is 1. The van der Waals surface area contributed by atoms with Gasteiger partial charge in [0, 0.05) is 13.5 Å². The maximum absolute atomic E-state index is 12.1. The van der Waals surface area contributed by atoms with Gasteiger partial charge in [-0.3, -0.25) is 4.79 Å². The molecule has 4 bridgehead atoms. The van der Waals surface area contributed by atoms with Crippen LogP contribution in [0.15, 0.2) is 0 Å². The first-order chi connectivity index (χ1) is 20.6. The molecular formula is C36H58O7. The van der Waals surface area contributed by atoms with Crippen LogP contribution in [0.3, 0.4) is 0 Å². The number of carbonyl (C=O) groups is 1. The molecule has 8 aliphatic carbocycles. The quantitative estimate of drug-likeness (QED) is 0.236. The Morgan fingerprint density at radius 2 is 1.72 bits per heavy atom. The topological polar surface area (TPSA) is 94.5 Å². The van der Waals surface area contributed by atoms with E-state index in [1.54, 1.807) is 0 Å². The van der Waals surface area contributed by atoms with Crippen molar-refractivity contribution in [3.8, 4) is 0 Å². The monoisotopic (exact) mass is 602 g/mol. The van der Waals surface area contributed by atoms with Gasteiger partial charge in [-0.25, -0.2) is 0 Å². The summed E-state index contributed by atoms with van der Waals surface area (Å²) in [5.74, 6) is 5.20. The Morgan fingerprint density at radius 3 is 2.51 bits per heavy atom. The fourth-order valence-electron chi connectivity index (χ4n) is 13.2. The summed E-state index contributed by atoms with van der Waals surface area (Å²) in [7, 11) is 1.52. The fourth-order valence-corrected chi connectivity index (χ4v) is 13.2. The summed E-state index contributed by atoms with van der Waals surface area (Å²) in [6, 6.07) is 0. The molecule has 16 atom stereocenters. The molecule has 7 heteroatoms. The molecule has 8 rings (SSSR count). The normalized spacial score (nSPS) is 52.0. The van der Waals surface area contributed by atoms with Gasteiger partial charge in [0.25, 0.3) is 0 Å². The Kier molecular flexibility index (Phi) is 8.49. The van der Waals surface area contributed by atoms with E-state index in [1.807, 2.05) is 0 Å². The van der Waals surface area contributed by atoms with E-state index in [-0.39, 0.29) is 47.8 Å². The molecule has 8 fully saturated rings. The van der Waals surface area contributed by atoms with Gasteiger partial charge < -0.3 is 29.2 Å². The summed E-state index contributed by atoms with van der Waals surface area (Å²) in [6.07, 6.45) is 13.5. The summed E-state index contributed by atoms with van der Waals surface area (Å²) in [5.41, 5.74) is -0.0942. The highest BCUT2D eigenvalue weighted by molar-refractivity contribution is 5.69. The molecule has 0 amide bonds. The number of ether oxygens (including phenoxy) is 4. The molecule has 0 aromatic rings. The van der Waals surface area contributed by atoms with Crippen molar-refractivity contribution >= 4 is 5.97 Å². The number of hydrogen-bond acceptors (Lipinski definition) is 7. The van der Waals surface area contributed by atoms with Gasteiger partial charge in [-0.15, -0.1) is 0 Å². The molecule has 2 N–H and O–H groups in total. The molecule has 0 aliphatic heterocycles. The maximum Gasteiger partial charge on any atom is 0.307 e. The van der Waals surface area contributed by atoms with Gasteiger partial charge in [-0.1, -0.05) is 20.8 Å². The first kappa shape index (κ1) is 30.9. The average molecular weight is 603 g/mol. The summed E-state index contributed by atoms with van der Waals surface area (Å²) in [6.45, 7) is 7.43. The second-order valence-corrected chi connectivity index (χ2v) is 16.8. The van der Waals surface area contributed by atoms with Gasteiger partial charge in [0.2, 0.25) is 0 Å². The SMILES string of the molecule is COCOC(=O)CCC(C)C1CCC2C3C(O)CC4C[C@H](OCOC5C6CC7CC(C6)C5C7)CC[C@]4(C)C3C[C@H](O)[C@]12C. The van der Waals surface area contributed by atoms with Crippen LogP contribution < -0.4 is 0 Å². The number of esters is 1. The molecule has 0 aromatic heterocycles. The van der Waals surface area contributed by atoms with Crippen LogP contribution >= 0.6 is 0 Å². The standard InChI is InChI=1S/C36H58O7/c1-20(5-8-32(39)42-18-40-4)27-6-7-28-33-29(17-31(38)36(27,28)3)35(2)10-9-25(15-24(35)16-30(33)37)41-19-43-34-23-12-21-11-22(14-23)26(34)13-21/h20-31,33-34,37-38H,5-19H2,1-4H3/t20?,21?,22?,23?,24?,25-,26?,27?,28?,29?,30?,31+,33?,34?,35+,36-/m1/s1. The molecule has 244 valence electrons. The van der Waals surface area contributed by atoms with Crippen molar-refractivity contribution in [1.29, 1.82) is 0 Å². The lowest BCUT2D eigenvalue weighted by atomic mass is 9.43. The second-order valence-electron chi connectivity index (χ2n) is 16.8. The summed E-state index contributed by atoms with van der Waals surface area (Å²) in [5, 5.41) is 23.7. The number of rotatable bonds is 10. The molecule has 0 radical (unpaired) electrons. The van der Waals surface area contributed by atoms with Crippen LogP contribution in [0.2, 0.25) is 0 Å². The van der Waals surface area contributed by atoms with E-state index < -0.39 is 0 Å². The molecular weight excluding hydrogens is 544 g/mol. The van der Waals surface area contributed by atoms with Crippen LogP contribution in [0.25, 0.3) is 0 Å². The van der Waals surface area contributed by atoms with E-state index in [2.05, 4.69) is 20.8 Å². The third kappa shape index (κ3) is 5.14. The minimum atomic E-state index is -0.379. The van der Waals surface area contributed by atoms with E-state index >= 15 is 0 Å². The molecule has 0 aromatic carbocycles. The molecule has 0 heterocycles. The van der Waals surface area contributed by atoms with Crippen molar-refractivity contribution in [1.82, 2.24) is 0 Å². The minimum Gasteiger partial charge on any atom is -0.438 e. The smallest absolute Gasteiger partial charge is 0.307 e. The van der Waals surface area contributed by atoms with Crippen molar-refractivity contribution in [3.05, 3.63) is 0 Å². The number of aliphatic hydroxyl groups excluding tert-OH is 2. The van der Waals surface area contributed by atoms with Gasteiger partial charge in [0.05, 0.1) is 24.4 Å². The zero-order valence-corrected chi connectivity index (χ0v) is 27.1. The van der Waals surface area contributed by atoms with Crippen LogP contribution in [0.5, 0.6) is 0 Å². The molecule has 8 aliphatic rings. The molecule has 0 spiro atoms. The van der Waals surface area contributed by atoms with Crippen LogP contribution in [0.1, 0.15) is 104 Å². The lowest BCUT2D eigenvalue weighted by Gasteiger charge is -2.63. The second kappa shape index (κ2) is 11.8. The van der Waals surface area contributed by atoms with Gasteiger partial charge in [-0.05, 0) is 147 Å². The van der Waals surface area contributed by atoms with E-state index in [0.29, 0.717) is 48.9 Å². The Balaban J connectivity index is 0.966. The van der Waals surface area contributed by atoms with Crippen molar-refractivity contribution in [3.63, 3.8) is 0 Å². The first-order valence-corrected chi connectivity index (χ1v) is 17.9. The highest BCUT2D eigenvalue weighted by atomic mass is 16.7. The predicted octanol–water partition coefficient (Wildman–Crippen LogP) is 5.94. The van der Waals surface area contributed by atoms with E-state index in [4.69, 9.17) is 18.9 Å². The summed E-state index contributed by atoms with van der Waals surface area (Å²) >= 11 is 0. The van der Waals surface area contributed by atoms with Crippen molar-refractivity contribution in [2.45, 2.75) is 129 Å². The van der Waals surface area contributed by atoms with Crippen LogP contribution in [0.4, 0.5) is 0 Å². The molecule has 7 nitrogen and oxygen atoms in total. The van der Waals surface area contributed by atoms with Gasteiger partial charge in [-0.2, -0.15) is 0 Å². The Hall–Kier alpha value is -0.730. The maximum atomic E-state index is 12.1. The third-order valence-corrected chi connectivity index (χ3v) is 15.2. The Morgan fingerprint density at radius 1 is 0.907 bits per heavy atom. The van der Waals surface area contributed by atoms with E-state index in [9.17, 15) is 15.0 Å². The van der Waals surface area contributed by atoms with E-state index in [0.717, 1.165) is 75.0 Å². The van der Waals surface area contributed by atoms with Crippen molar-refractivity contribution in [2.75, 3.05) is 20.7 Å². The zero-order chi connectivity index (χ0) is 30.1. The number of hydrogen-bond donors (Lipinski definition) is 2. The van der Waals surface area contributed by atoms with E-state index in [1.165, 1.54) is 32.8 Å². The summed E-state index contributed by atoms with van der Waals surface area (Å²) < 4.78 is 22.9. The zero-order valence-electron chi connectivity index (χ0n) is 27.1. The van der Waals surface area contributed by atoms with Crippen LogP contribution in [-0.2, 0) is 23.7 Å². The average Bonchev–Trinajstić information content (AvgIpc) is 3.57. The van der Waals surface area contributed by atoms with Gasteiger partial charge >= 0.3 is 5.97 Å². The summed E-state index contributed by atoms with van der Waals surface area (Å²) in [4.78, 5) is 12.1. The Bertz CT molecular complexity index is 1020. The van der Waals surface area contributed by atoms with Crippen LogP contribution in [0, 0.1) is 70.0 Å². The molecule has 43 heavy (non-hydrogen) atoms. The van der Waals surface area contributed by atoms with Crippen molar-refractivity contribution < 1.29 is 34.0 Å². The Labute approximate surface area is 259 Å².